The predicted molar refractivity (Wildman–Crippen MR) is 139 cm³/mol. The van der Waals surface area contributed by atoms with Crippen LogP contribution in [0, 0.1) is 0 Å². The van der Waals surface area contributed by atoms with Crippen molar-refractivity contribution in [3.05, 3.63) is 113 Å². The van der Waals surface area contributed by atoms with E-state index in [0.29, 0.717) is 3.63 Å². The quantitative estimate of drug-likeness (QED) is 0.298. The van der Waals surface area contributed by atoms with Gasteiger partial charge in [-0.3, -0.25) is 0 Å². The Morgan fingerprint density at radius 2 is 1.51 bits per heavy atom. The van der Waals surface area contributed by atoms with Gasteiger partial charge < -0.3 is 29.4 Å². The molecule has 35 heavy (non-hydrogen) atoms. The van der Waals surface area contributed by atoms with Gasteiger partial charge in [-0.2, -0.15) is 0 Å². The Hall–Kier alpha value is -1.64. The van der Waals surface area contributed by atoms with Crippen LogP contribution in [0.25, 0.3) is 27.7 Å². The van der Waals surface area contributed by atoms with E-state index in [0.717, 1.165) is 5.54 Å². The average molecular weight is 593 g/mol. The van der Waals surface area contributed by atoms with E-state index in [9.17, 15) is 0 Å². The minimum absolute atomic E-state index is 0. The van der Waals surface area contributed by atoms with Crippen LogP contribution in [0.4, 0.5) is 0 Å². The zero-order valence-electron chi connectivity index (χ0n) is 20.4. The van der Waals surface area contributed by atoms with Gasteiger partial charge in [-0.1, -0.05) is 42.1 Å². The summed E-state index contributed by atoms with van der Waals surface area (Å²) in [4.78, 5) is 0. The summed E-state index contributed by atoms with van der Waals surface area (Å²) in [6.45, 7) is 9.59. The third-order valence-electron chi connectivity index (χ3n) is 7.84. The zero-order chi connectivity index (χ0) is 22.9. The standard InChI is InChI=1S/C16H17NSi.C14H11.2ClH.Zr/c1-11-15-13-9-10-17(12-7-5-4-6-8-12)14(13)16(11)18(15,2)3;1-10-8-12-7-6-11-4-2-3-5-13(11)14(12)9-10;;;/h4-10,16H,1-3H3;2-9H,1H3;2*1H;/q;;;;+2/p-2. The fourth-order valence-electron chi connectivity index (χ4n) is 6.41. The van der Waals surface area contributed by atoms with E-state index in [1.807, 2.05) is 0 Å². The fourth-order valence-corrected chi connectivity index (χ4v) is 11.6. The molecule has 1 nitrogen and oxygen atoms in total. The number of benzene rings is 3. The third kappa shape index (κ3) is 3.91. The smallest absolute Gasteiger partial charge is 1.00 e. The van der Waals surface area contributed by atoms with Gasteiger partial charge in [-0.15, -0.1) is 0 Å². The Kier molecular flexibility index (Phi) is 7.30. The van der Waals surface area contributed by atoms with Crippen LogP contribution < -0.4 is 24.8 Å². The summed E-state index contributed by atoms with van der Waals surface area (Å²) in [5.74, 6) is 0. The monoisotopic (exact) mass is 590 g/mol. The maximum atomic E-state index is 2.51. The predicted octanol–water partition coefficient (Wildman–Crippen LogP) is 2.00. The summed E-state index contributed by atoms with van der Waals surface area (Å²) in [5, 5.41) is 4.47. The molecule has 0 fully saturated rings. The number of rotatable bonds is 1. The van der Waals surface area contributed by atoms with Gasteiger partial charge in [-0.25, -0.2) is 0 Å². The first kappa shape index (κ1) is 26.4. The molecule has 0 amide bonds. The third-order valence-corrected chi connectivity index (χ3v) is 13.8. The van der Waals surface area contributed by atoms with E-state index in [4.69, 9.17) is 0 Å². The Balaban J connectivity index is 0.000000158. The van der Waals surface area contributed by atoms with Crippen LogP contribution in [0.5, 0.6) is 0 Å². The summed E-state index contributed by atoms with van der Waals surface area (Å²) in [6, 6.07) is 26.2. The second-order valence-electron chi connectivity index (χ2n) is 10.1. The van der Waals surface area contributed by atoms with Gasteiger partial charge in [-0.05, 0) is 30.7 Å². The van der Waals surface area contributed by atoms with Gasteiger partial charge in [0.05, 0.1) is 8.07 Å². The first-order valence-electron chi connectivity index (χ1n) is 11.8. The molecule has 4 aromatic rings. The molecule has 2 atom stereocenters. The molecular formula is C30H28Cl2NSiZr. The molecule has 3 heterocycles. The minimum Gasteiger partial charge on any atom is -1.00 e. The van der Waals surface area contributed by atoms with Gasteiger partial charge in [0, 0.05) is 23.1 Å². The molecule has 0 saturated heterocycles. The van der Waals surface area contributed by atoms with Gasteiger partial charge in [0.15, 0.2) is 0 Å². The topological polar surface area (TPSA) is 4.93 Å². The number of para-hydroxylation sites is 1. The van der Waals surface area contributed by atoms with E-state index >= 15 is 0 Å². The van der Waals surface area contributed by atoms with Crippen molar-refractivity contribution in [2.45, 2.75) is 36.1 Å². The van der Waals surface area contributed by atoms with Gasteiger partial charge in [0.25, 0.3) is 0 Å². The van der Waals surface area contributed by atoms with Crippen LogP contribution in [0.3, 0.4) is 0 Å². The number of hydrogen-bond donors (Lipinski definition) is 0. The normalized spacial score (nSPS) is 20.0. The molecule has 2 aliphatic heterocycles. The van der Waals surface area contributed by atoms with E-state index in [1.54, 1.807) is 41.2 Å². The second-order valence-corrected chi connectivity index (χ2v) is 16.1. The molecule has 0 saturated carbocycles. The van der Waals surface area contributed by atoms with Crippen LogP contribution in [0.15, 0.2) is 90.1 Å². The summed E-state index contributed by atoms with van der Waals surface area (Å²) in [5.41, 5.74) is 11.3. The zero-order valence-corrected chi connectivity index (χ0v) is 25.4. The molecule has 2 unspecified atom stereocenters. The van der Waals surface area contributed by atoms with Crippen LogP contribution >= 0.6 is 0 Å². The Labute approximate surface area is 237 Å². The van der Waals surface area contributed by atoms with E-state index in [2.05, 4.69) is 117 Å². The van der Waals surface area contributed by atoms with Crippen molar-refractivity contribution in [1.29, 1.82) is 0 Å². The number of nitrogens with zero attached hydrogens (tertiary/aromatic N) is 1. The van der Waals surface area contributed by atoms with Gasteiger partial charge in [0.1, 0.15) is 0 Å². The molecule has 2 bridgehead atoms. The Morgan fingerprint density at radius 1 is 0.829 bits per heavy atom. The van der Waals surface area contributed by atoms with Crippen LogP contribution in [-0.4, -0.2) is 12.6 Å². The second kappa shape index (κ2) is 9.67. The number of aromatic nitrogens is 1. The molecule has 8 rings (SSSR count). The van der Waals surface area contributed by atoms with Gasteiger partial charge in [0.2, 0.25) is 0 Å². The van der Waals surface area contributed by atoms with Crippen molar-refractivity contribution in [2.24, 2.45) is 0 Å². The van der Waals surface area contributed by atoms with E-state index < -0.39 is 8.07 Å². The summed E-state index contributed by atoms with van der Waals surface area (Å²) in [6.07, 6.45) is 4.60. The largest absolute Gasteiger partial charge is 1.00 e. The van der Waals surface area contributed by atoms with Crippen molar-refractivity contribution in [3.8, 4) is 5.69 Å². The van der Waals surface area contributed by atoms with Crippen molar-refractivity contribution < 1.29 is 49.5 Å². The number of halogens is 2. The molecule has 2 aliphatic carbocycles. The SMILES string of the molecule is CC1=C2c3ccn(-c4ccccc4)c3C1[Si]2(C)C.CC1=Cc2c(ccc3ccccc23)[CH]1[Zr+2].[Cl-].[Cl-]. The summed E-state index contributed by atoms with van der Waals surface area (Å²) in [7, 11) is -1.17. The Bertz CT molecular complexity index is 1480. The number of hydrogen-bond acceptors (Lipinski definition) is 0. The fraction of sp³-hybridized carbons (Fsp3) is 0.200. The molecule has 175 valence electrons. The number of fused-ring (bicyclic) bond motifs is 3. The van der Waals surface area contributed by atoms with E-state index in [1.165, 1.54) is 38.7 Å². The maximum absolute atomic E-state index is 2.51. The van der Waals surface area contributed by atoms with Crippen LogP contribution in [-0.2, 0) is 24.7 Å². The maximum Gasteiger partial charge on any atom is -1.00 e. The summed E-state index contributed by atoms with van der Waals surface area (Å²) >= 11 is 1.60. The van der Waals surface area contributed by atoms with Crippen molar-refractivity contribution >= 4 is 30.1 Å². The van der Waals surface area contributed by atoms with Crippen molar-refractivity contribution in [2.75, 3.05) is 0 Å². The average Bonchev–Trinajstić information content (AvgIpc) is 3.51. The molecule has 1 aromatic heterocycles. The molecule has 3 aromatic carbocycles. The molecule has 4 aliphatic rings. The van der Waals surface area contributed by atoms with Gasteiger partial charge >= 0.3 is 105 Å². The molecule has 0 radical (unpaired) electrons. The molecule has 5 heteroatoms. The van der Waals surface area contributed by atoms with Crippen LogP contribution in [0.1, 0.15) is 45.4 Å². The Morgan fingerprint density at radius 3 is 2.23 bits per heavy atom. The first-order chi connectivity index (χ1) is 15.9. The molecule has 0 spiro atoms. The molecule has 0 N–H and O–H groups in total. The van der Waals surface area contributed by atoms with Crippen LogP contribution in [0.2, 0.25) is 13.1 Å². The van der Waals surface area contributed by atoms with E-state index in [-0.39, 0.29) is 24.8 Å². The molecular weight excluding hydrogens is 565 g/mol. The minimum atomic E-state index is -1.17. The van der Waals surface area contributed by atoms with Crippen molar-refractivity contribution in [3.63, 3.8) is 0 Å². The first-order valence-corrected chi connectivity index (χ1v) is 16.3. The summed E-state index contributed by atoms with van der Waals surface area (Å²) < 4.78 is 3.08. The number of allylic oxidation sites excluding steroid dienone is 2. The van der Waals surface area contributed by atoms with Crippen molar-refractivity contribution in [1.82, 2.24) is 4.57 Å².